The maximum Gasteiger partial charge on any atom is 0.149 e. The van der Waals surface area contributed by atoms with Gasteiger partial charge in [-0.2, -0.15) is 0 Å². The van der Waals surface area contributed by atoms with Crippen molar-refractivity contribution in [2.45, 2.75) is 49.0 Å². The van der Waals surface area contributed by atoms with Gasteiger partial charge in [0.2, 0.25) is 0 Å². The van der Waals surface area contributed by atoms with Crippen molar-refractivity contribution in [3.8, 4) is 0 Å². The van der Waals surface area contributed by atoms with Crippen LogP contribution in [0.1, 0.15) is 39.0 Å². The lowest BCUT2D eigenvalue weighted by atomic mass is 9.86. The molecule has 3 nitrogen and oxygen atoms in total. The first-order chi connectivity index (χ1) is 10.0. The predicted molar refractivity (Wildman–Crippen MR) is 87.7 cm³/mol. The van der Waals surface area contributed by atoms with E-state index in [4.69, 9.17) is 16.3 Å². The van der Waals surface area contributed by atoms with Crippen molar-refractivity contribution in [1.82, 2.24) is 10.4 Å². The SMILES string of the molecule is CC1(C2=CC=C3C(=CNN3C3CCCCO3)C2(Cl)Br)CC1. The van der Waals surface area contributed by atoms with Crippen molar-refractivity contribution in [3.63, 3.8) is 0 Å². The lowest BCUT2D eigenvalue weighted by Gasteiger charge is -2.37. The Balaban J connectivity index is 1.66. The third-order valence-electron chi connectivity index (χ3n) is 5.06. The van der Waals surface area contributed by atoms with Gasteiger partial charge in [-0.3, -0.25) is 5.01 Å². The molecule has 1 saturated carbocycles. The summed E-state index contributed by atoms with van der Waals surface area (Å²) in [6, 6.07) is 0. The van der Waals surface area contributed by atoms with Gasteiger partial charge in [-0.1, -0.05) is 40.5 Å². The van der Waals surface area contributed by atoms with Crippen LogP contribution < -0.4 is 5.43 Å². The second kappa shape index (κ2) is 4.77. The molecule has 0 bridgehead atoms. The van der Waals surface area contributed by atoms with Crippen LogP contribution in [-0.2, 0) is 4.74 Å². The largest absolute Gasteiger partial charge is 0.357 e. The Morgan fingerprint density at radius 1 is 1.38 bits per heavy atom. The first kappa shape index (κ1) is 14.2. The Bertz CT molecular complexity index is 557. The monoisotopic (exact) mass is 370 g/mol. The van der Waals surface area contributed by atoms with Crippen molar-refractivity contribution in [2.24, 2.45) is 5.41 Å². The summed E-state index contributed by atoms with van der Waals surface area (Å²) in [5.41, 5.74) is 7.10. The van der Waals surface area contributed by atoms with E-state index in [9.17, 15) is 0 Å². The summed E-state index contributed by atoms with van der Waals surface area (Å²) in [5.74, 6) is 0. The number of ether oxygens (including phenoxy) is 1. The molecule has 1 saturated heterocycles. The predicted octanol–water partition coefficient (Wildman–Crippen LogP) is 4.17. The molecule has 2 fully saturated rings. The average Bonchev–Trinajstić information content (AvgIpc) is 3.04. The quantitative estimate of drug-likeness (QED) is 0.737. The molecule has 0 amide bonds. The van der Waals surface area contributed by atoms with Gasteiger partial charge < -0.3 is 10.2 Å². The van der Waals surface area contributed by atoms with Crippen molar-refractivity contribution >= 4 is 27.5 Å². The second-order valence-electron chi connectivity index (χ2n) is 6.65. The van der Waals surface area contributed by atoms with Gasteiger partial charge >= 0.3 is 0 Å². The molecule has 4 aliphatic rings. The maximum absolute atomic E-state index is 6.90. The molecule has 2 aliphatic heterocycles. The Kier molecular flexibility index (Phi) is 3.22. The van der Waals surface area contributed by atoms with Crippen LogP contribution in [0, 0.1) is 5.41 Å². The standard InChI is InChI=1S/C16H20BrClN2O/c1-15(7-8-15)13-6-5-12-11(16(13,17)18)10-19-20(12)14-4-2-3-9-21-14/h5-6,10,14,19H,2-4,7-9H2,1H3. The summed E-state index contributed by atoms with van der Waals surface area (Å²) in [6.07, 6.45) is 12.4. The number of alkyl halides is 2. The van der Waals surface area contributed by atoms with Crippen LogP contribution >= 0.6 is 27.5 Å². The molecule has 0 radical (unpaired) electrons. The molecule has 4 rings (SSSR count). The third kappa shape index (κ3) is 2.18. The van der Waals surface area contributed by atoms with Gasteiger partial charge in [0.25, 0.3) is 0 Å². The van der Waals surface area contributed by atoms with E-state index in [1.54, 1.807) is 0 Å². The smallest absolute Gasteiger partial charge is 0.149 e. The van der Waals surface area contributed by atoms with Crippen LogP contribution in [0.3, 0.4) is 0 Å². The Morgan fingerprint density at radius 3 is 2.86 bits per heavy atom. The van der Waals surface area contributed by atoms with Crippen LogP contribution in [0.5, 0.6) is 0 Å². The zero-order valence-electron chi connectivity index (χ0n) is 12.2. The van der Waals surface area contributed by atoms with Crippen molar-refractivity contribution in [3.05, 3.63) is 35.2 Å². The molecule has 114 valence electrons. The normalized spacial score (nSPS) is 37.2. The molecule has 0 aromatic heterocycles. The molecular formula is C16H20BrClN2O. The molecule has 21 heavy (non-hydrogen) atoms. The van der Waals surface area contributed by atoms with E-state index in [-0.39, 0.29) is 11.6 Å². The fourth-order valence-corrected chi connectivity index (χ4v) is 4.81. The van der Waals surface area contributed by atoms with Crippen molar-refractivity contribution < 1.29 is 4.74 Å². The van der Waals surface area contributed by atoms with E-state index in [0.29, 0.717) is 0 Å². The number of hydrazine groups is 1. The summed E-state index contributed by atoms with van der Waals surface area (Å²) < 4.78 is 5.30. The number of hydrogen-bond acceptors (Lipinski definition) is 3. The number of allylic oxidation sites excluding steroid dienone is 4. The maximum atomic E-state index is 6.90. The molecule has 2 heterocycles. The Morgan fingerprint density at radius 2 is 2.19 bits per heavy atom. The van der Waals surface area contributed by atoms with Crippen LogP contribution in [0.25, 0.3) is 0 Å². The minimum Gasteiger partial charge on any atom is -0.357 e. The van der Waals surface area contributed by atoms with E-state index < -0.39 is 3.78 Å². The molecule has 2 atom stereocenters. The minimum absolute atomic E-state index is 0.102. The number of halogens is 2. The van der Waals surface area contributed by atoms with Crippen molar-refractivity contribution in [2.75, 3.05) is 6.61 Å². The van der Waals surface area contributed by atoms with Gasteiger partial charge in [-0.05, 0) is 49.2 Å². The van der Waals surface area contributed by atoms with Crippen molar-refractivity contribution in [1.29, 1.82) is 0 Å². The minimum atomic E-state index is -0.598. The van der Waals surface area contributed by atoms with Crippen LogP contribution in [-0.4, -0.2) is 21.6 Å². The van der Waals surface area contributed by atoms with Crippen LogP contribution in [0.2, 0.25) is 0 Å². The molecule has 1 N–H and O–H groups in total. The fraction of sp³-hybridized carbons (Fsp3) is 0.625. The summed E-state index contributed by atoms with van der Waals surface area (Å²) in [6.45, 7) is 3.13. The highest BCUT2D eigenvalue weighted by Crippen LogP contribution is 2.62. The Hall–Kier alpha value is -0.450. The van der Waals surface area contributed by atoms with Gasteiger partial charge in [0.15, 0.2) is 0 Å². The number of hydrogen-bond donors (Lipinski definition) is 1. The molecule has 5 heteroatoms. The highest BCUT2D eigenvalue weighted by atomic mass is 79.9. The van der Waals surface area contributed by atoms with E-state index in [2.05, 4.69) is 45.4 Å². The van der Waals surface area contributed by atoms with E-state index in [0.717, 1.165) is 30.7 Å². The van der Waals surface area contributed by atoms with E-state index in [1.165, 1.54) is 24.8 Å². The average molecular weight is 372 g/mol. The number of fused-ring (bicyclic) bond motifs is 1. The molecule has 2 unspecified atom stereocenters. The van der Waals surface area contributed by atoms with Gasteiger partial charge in [0, 0.05) is 18.4 Å². The molecule has 0 aromatic carbocycles. The fourth-order valence-electron chi connectivity index (χ4n) is 3.44. The third-order valence-corrected chi connectivity index (χ3v) is 6.32. The number of rotatable bonds is 2. The zero-order valence-corrected chi connectivity index (χ0v) is 14.5. The number of nitrogens with zero attached hydrogens (tertiary/aromatic N) is 1. The summed E-state index contributed by atoms with van der Waals surface area (Å²) in [4.78, 5) is 0. The lowest BCUT2D eigenvalue weighted by Crippen LogP contribution is -2.43. The van der Waals surface area contributed by atoms with Gasteiger partial charge in [0.1, 0.15) is 10.0 Å². The number of nitrogens with one attached hydrogen (secondary N) is 1. The first-order valence-corrected chi connectivity index (χ1v) is 8.88. The summed E-state index contributed by atoms with van der Waals surface area (Å²) >= 11 is 10.7. The van der Waals surface area contributed by atoms with Gasteiger partial charge in [0.05, 0.1) is 5.70 Å². The van der Waals surface area contributed by atoms with Crippen LogP contribution in [0.4, 0.5) is 0 Å². The lowest BCUT2D eigenvalue weighted by molar-refractivity contribution is -0.0806. The second-order valence-corrected chi connectivity index (χ2v) is 8.86. The molecular weight excluding hydrogens is 352 g/mol. The highest BCUT2D eigenvalue weighted by Gasteiger charge is 2.53. The van der Waals surface area contributed by atoms with Crippen LogP contribution in [0.15, 0.2) is 35.2 Å². The van der Waals surface area contributed by atoms with E-state index >= 15 is 0 Å². The molecule has 2 aliphatic carbocycles. The van der Waals surface area contributed by atoms with Gasteiger partial charge in [-0.25, -0.2) is 0 Å². The molecule has 0 spiro atoms. The first-order valence-electron chi connectivity index (χ1n) is 7.71. The zero-order chi connectivity index (χ0) is 14.7. The topological polar surface area (TPSA) is 24.5 Å². The van der Waals surface area contributed by atoms with Gasteiger partial charge in [-0.15, -0.1) is 0 Å². The Labute approximate surface area is 139 Å². The summed E-state index contributed by atoms with van der Waals surface area (Å²) in [7, 11) is 0. The highest BCUT2D eigenvalue weighted by molar-refractivity contribution is 9.10. The van der Waals surface area contributed by atoms with E-state index in [1.807, 2.05) is 6.20 Å². The molecule has 0 aromatic rings. The summed E-state index contributed by atoms with van der Waals surface area (Å²) in [5, 5.41) is 2.12.